The number of rotatable bonds is 9. The smallest absolute Gasteiger partial charge is 0.251 e. The number of piperidine rings is 1. The molecule has 6 nitrogen and oxygen atoms in total. The average Bonchev–Trinajstić information content (AvgIpc) is 3.75. The van der Waals surface area contributed by atoms with Crippen LogP contribution in [0.2, 0.25) is 0 Å². The zero-order chi connectivity index (χ0) is 26.0. The number of benzene rings is 2. The van der Waals surface area contributed by atoms with Crippen molar-refractivity contribution in [2.75, 3.05) is 26.8 Å². The Hall–Kier alpha value is -2.61. The van der Waals surface area contributed by atoms with Gasteiger partial charge in [-0.1, -0.05) is 12.1 Å². The van der Waals surface area contributed by atoms with Crippen LogP contribution in [0.5, 0.6) is 11.5 Å². The van der Waals surface area contributed by atoms with Crippen LogP contribution in [-0.4, -0.2) is 49.6 Å². The van der Waals surface area contributed by atoms with Gasteiger partial charge in [0.2, 0.25) is 5.91 Å². The summed E-state index contributed by atoms with van der Waals surface area (Å²) in [4.78, 5) is 27.8. The summed E-state index contributed by atoms with van der Waals surface area (Å²) in [5.41, 5.74) is 1.17. The standard InChI is InChI=1S/C29H34BrFN2O4/c1-36-23-9-7-21(17-24(23)37-18-19-5-6-19)28(35)32-25-11-12-29(25)13-15-33(16-14-29)26(34)10-8-20-3-2-4-22(30)27(20)31/h2-4,7,9,17,19,25H,5-6,8,10-16,18H2,1H3,(H,32,35). The summed E-state index contributed by atoms with van der Waals surface area (Å²) in [6, 6.07) is 10.6. The lowest BCUT2D eigenvalue weighted by Gasteiger charge is -2.54. The summed E-state index contributed by atoms with van der Waals surface area (Å²) in [7, 11) is 1.60. The average molecular weight is 574 g/mol. The van der Waals surface area contributed by atoms with Gasteiger partial charge in [0.15, 0.2) is 11.5 Å². The van der Waals surface area contributed by atoms with Crippen LogP contribution in [0.15, 0.2) is 40.9 Å². The lowest BCUT2D eigenvalue weighted by molar-refractivity contribution is -0.135. The van der Waals surface area contributed by atoms with Gasteiger partial charge in [-0.15, -0.1) is 0 Å². The van der Waals surface area contributed by atoms with E-state index in [9.17, 15) is 14.0 Å². The van der Waals surface area contributed by atoms with Gasteiger partial charge in [-0.05, 0) is 102 Å². The Balaban J connectivity index is 1.13. The van der Waals surface area contributed by atoms with Crippen LogP contribution >= 0.6 is 15.9 Å². The number of amides is 2. The highest BCUT2D eigenvalue weighted by atomic mass is 79.9. The minimum absolute atomic E-state index is 0.0423. The first kappa shape index (κ1) is 26.0. The zero-order valence-electron chi connectivity index (χ0n) is 21.2. The SMILES string of the molecule is COc1ccc(C(=O)NC2CCC23CCN(C(=O)CCc2cccc(Br)c2F)CC3)cc1OCC1CC1. The molecule has 0 aromatic heterocycles. The molecule has 2 aliphatic carbocycles. The molecule has 0 radical (unpaired) electrons. The van der Waals surface area contributed by atoms with Gasteiger partial charge in [0.25, 0.3) is 5.91 Å². The summed E-state index contributed by atoms with van der Waals surface area (Å²) in [5.74, 6) is 1.52. The molecule has 1 spiro atoms. The number of halogens is 2. The number of carbonyl (C=O) groups is 2. The van der Waals surface area contributed by atoms with Crippen LogP contribution in [-0.2, 0) is 11.2 Å². The maximum atomic E-state index is 14.2. The topological polar surface area (TPSA) is 67.9 Å². The monoisotopic (exact) mass is 572 g/mol. The van der Waals surface area contributed by atoms with Gasteiger partial charge >= 0.3 is 0 Å². The van der Waals surface area contributed by atoms with Crippen molar-refractivity contribution in [3.63, 3.8) is 0 Å². The Labute approximate surface area is 226 Å². The number of nitrogens with zero attached hydrogens (tertiary/aromatic N) is 1. The van der Waals surface area contributed by atoms with E-state index >= 15 is 0 Å². The van der Waals surface area contributed by atoms with Crippen molar-refractivity contribution in [1.82, 2.24) is 10.2 Å². The molecule has 1 atom stereocenters. The van der Waals surface area contributed by atoms with E-state index in [0.717, 1.165) is 25.7 Å². The van der Waals surface area contributed by atoms with Crippen LogP contribution in [0.4, 0.5) is 4.39 Å². The normalized spacial score (nSPS) is 20.3. The van der Waals surface area contributed by atoms with Crippen molar-refractivity contribution in [2.24, 2.45) is 11.3 Å². The van der Waals surface area contributed by atoms with E-state index in [1.54, 1.807) is 43.5 Å². The van der Waals surface area contributed by atoms with E-state index in [0.29, 0.717) is 65.6 Å². The Morgan fingerprint density at radius 3 is 2.57 bits per heavy atom. The minimum atomic E-state index is -0.292. The van der Waals surface area contributed by atoms with Crippen molar-refractivity contribution in [1.29, 1.82) is 0 Å². The fourth-order valence-electron chi connectivity index (χ4n) is 5.53. The van der Waals surface area contributed by atoms with E-state index in [-0.39, 0.29) is 29.1 Å². The van der Waals surface area contributed by atoms with Gasteiger partial charge in [0.05, 0.1) is 18.2 Å². The van der Waals surface area contributed by atoms with Crippen molar-refractivity contribution in [2.45, 2.75) is 57.4 Å². The zero-order valence-corrected chi connectivity index (χ0v) is 22.8. The molecular weight excluding hydrogens is 539 g/mol. The second kappa shape index (κ2) is 11.0. The first-order valence-electron chi connectivity index (χ1n) is 13.2. The third-order valence-electron chi connectivity index (χ3n) is 8.32. The van der Waals surface area contributed by atoms with Gasteiger partial charge < -0.3 is 19.7 Å². The van der Waals surface area contributed by atoms with E-state index in [4.69, 9.17) is 9.47 Å². The second-order valence-electron chi connectivity index (χ2n) is 10.6. The molecule has 1 N–H and O–H groups in total. The number of hydrogen-bond acceptors (Lipinski definition) is 4. The fourth-order valence-corrected chi connectivity index (χ4v) is 5.94. The molecule has 0 bridgehead atoms. The Kier molecular flexibility index (Phi) is 7.75. The van der Waals surface area contributed by atoms with Gasteiger partial charge in [-0.2, -0.15) is 0 Å². The molecule has 3 fully saturated rings. The molecular formula is C29H34BrFN2O4. The number of likely N-dealkylation sites (tertiary alicyclic amines) is 1. The molecule has 3 aliphatic rings. The quantitative estimate of drug-likeness (QED) is 0.429. The Bertz CT molecular complexity index is 1160. The second-order valence-corrected chi connectivity index (χ2v) is 11.5. The fraction of sp³-hybridized carbons (Fsp3) is 0.517. The summed E-state index contributed by atoms with van der Waals surface area (Å²) < 4.78 is 26.0. The predicted octanol–water partition coefficient (Wildman–Crippen LogP) is 5.52. The van der Waals surface area contributed by atoms with E-state index < -0.39 is 0 Å². The largest absolute Gasteiger partial charge is 0.493 e. The molecule has 1 heterocycles. The Morgan fingerprint density at radius 1 is 1.11 bits per heavy atom. The first-order chi connectivity index (χ1) is 17.9. The predicted molar refractivity (Wildman–Crippen MR) is 142 cm³/mol. The van der Waals surface area contributed by atoms with E-state index in [1.807, 2.05) is 4.90 Å². The van der Waals surface area contributed by atoms with E-state index in [2.05, 4.69) is 21.2 Å². The maximum absolute atomic E-state index is 14.2. The van der Waals surface area contributed by atoms with E-state index in [1.165, 1.54) is 12.8 Å². The van der Waals surface area contributed by atoms with Crippen molar-refractivity contribution < 1.29 is 23.5 Å². The lowest BCUT2D eigenvalue weighted by atomic mass is 9.59. The van der Waals surface area contributed by atoms with Crippen LogP contribution in [0.25, 0.3) is 0 Å². The minimum Gasteiger partial charge on any atom is -0.493 e. The number of hydrogen-bond donors (Lipinski definition) is 1. The molecule has 198 valence electrons. The number of ether oxygens (including phenoxy) is 2. The molecule has 1 saturated heterocycles. The first-order valence-corrected chi connectivity index (χ1v) is 14.0. The molecule has 1 unspecified atom stereocenters. The number of nitrogens with one attached hydrogen (secondary N) is 1. The summed E-state index contributed by atoms with van der Waals surface area (Å²) >= 11 is 3.21. The third-order valence-corrected chi connectivity index (χ3v) is 8.94. The highest BCUT2D eigenvalue weighted by Crippen LogP contribution is 2.49. The Morgan fingerprint density at radius 2 is 1.89 bits per heavy atom. The summed E-state index contributed by atoms with van der Waals surface area (Å²) in [5, 5.41) is 3.25. The van der Waals surface area contributed by atoms with Crippen molar-refractivity contribution in [3.05, 3.63) is 57.8 Å². The van der Waals surface area contributed by atoms with Crippen LogP contribution in [0.3, 0.4) is 0 Å². The van der Waals surface area contributed by atoms with Crippen LogP contribution in [0, 0.1) is 17.2 Å². The third kappa shape index (κ3) is 5.79. The van der Waals surface area contributed by atoms with Crippen molar-refractivity contribution in [3.8, 4) is 11.5 Å². The van der Waals surface area contributed by atoms with Crippen molar-refractivity contribution >= 4 is 27.7 Å². The molecule has 8 heteroatoms. The lowest BCUT2D eigenvalue weighted by Crippen LogP contribution is -2.59. The van der Waals surface area contributed by atoms with Crippen LogP contribution < -0.4 is 14.8 Å². The molecule has 2 aromatic carbocycles. The molecule has 2 amide bonds. The molecule has 37 heavy (non-hydrogen) atoms. The highest BCUT2D eigenvalue weighted by Gasteiger charge is 2.49. The summed E-state index contributed by atoms with van der Waals surface area (Å²) in [6.07, 6.45) is 6.81. The molecule has 1 aliphatic heterocycles. The number of methoxy groups -OCH3 is 1. The van der Waals surface area contributed by atoms with Crippen LogP contribution in [0.1, 0.15) is 60.9 Å². The highest BCUT2D eigenvalue weighted by molar-refractivity contribution is 9.10. The van der Waals surface area contributed by atoms with Gasteiger partial charge in [0.1, 0.15) is 5.82 Å². The van der Waals surface area contributed by atoms with Gasteiger partial charge in [-0.3, -0.25) is 9.59 Å². The molecule has 2 saturated carbocycles. The molecule has 2 aromatic rings. The maximum Gasteiger partial charge on any atom is 0.251 e. The van der Waals surface area contributed by atoms with Gasteiger partial charge in [0, 0.05) is 31.1 Å². The number of aryl methyl sites for hydroxylation is 1. The summed E-state index contributed by atoms with van der Waals surface area (Å²) in [6.45, 7) is 2.00. The molecule has 5 rings (SSSR count). The van der Waals surface area contributed by atoms with Gasteiger partial charge in [-0.25, -0.2) is 4.39 Å². The number of carbonyl (C=O) groups excluding carboxylic acids is 2.